The van der Waals surface area contributed by atoms with Gasteiger partial charge in [-0.1, -0.05) is 29.3 Å². The second-order valence-electron chi connectivity index (χ2n) is 8.41. The molecule has 2 aromatic carbocycles. The molecule has 4 rings (SSSR count). The molecule has 1 saturated heterocycles. The Morgan fingerprint density at radius 2 is 2.00 bits per heavy atom. The van der Waals surface area contributed by atoms with Crippen LogP contribution >= 0.6 is 11.6 Å². The van der Waals surface area contributed by atoms with Crippen molar-refractivity contribution in [2.75, 3.05) is 0 Å². The van der Waals surface area contributed by atoms with Crippen molar-refractivity contribution in [3.05, 3.63) is 86.3 Å². The van der Waals surface area contributed by atoms with E-state index in [1.807, 2.05) is 0 Å². The molecule has 1 aromatic heterocycles. The molecule has 192 valence electrons. The van der Waals surface area contributed by atoms with Gasteiger partial charge in [-0.2, -0.15) is 18.4 Å². The highest BCUT2D eigenvalue weighted by Crippen LogP contribution is 2.35. The molecule has 1 fully saturated rings. The average molecular weight is 536 g/mol. The average Bonchev–Trinajstić information content (AvgIpc) is 2.83. The summed E-state index contributed by atoms with van der Waals surface area (Å²) in [5.41, 5.74) is 3.32. The predicted molar refractivity (Wildman–Crippen MR) is 123 cm³/mol. The summed E-state index contributed by atoms with van der Waals surface area (Å²) < 4.78 is 61.5. The zero-order valence-corrected chi connectivity index (χ0v) is 19.8. The van der Waals surface area contributed by atoms with Gasteiger partial charge in [0.2, 0.25) is 11.7 Å². The molecule has 2 unspecified atom stereocenters. The van der Waals surface area contributed by atoms with Crippen LogP contribution in [0.2, 0.25) is 5.02 Å². The van der Waals surface area contributed by atoms with Crippen molar-refractivity contribution in [2.45, 2.75) is 38.0 Å². The number of carbonyl (C=O) groups excluding carboxylic acids is 1. The van der Waals surface area contributed by atoms with Gasteiger partial charge >= 0.3 is 6.18 Å². The first-order valence-corrected chi connectivity index (χ1v) is 11.2. The SMILES string of the molecule is Cc1ccc(F)c(C2CC(Cn3cnc(C(F)(F)F)c(Oc4cc(Cl)cc(C#N)c4)c3=O)NNC2=O)c1. The normalized spacial score (nSPS) is 17.7. The summed E-state index contributed by atoms with van der Waals surface area (Å²) in [6, 6.07) is 9.03. The number of aryl methyl sites for hydroxylation is 1. The van der Waals surface area contributed by atoms with E-state index in [1.54, 1.807) is 25.1 Å². The van der Waals surface area contributed by atoms with E-state index in [-0.39, 0.29) is 34.9 Å². The second-order valence-corrected chi connectivity index (χ2v) is 8.85. The maximum Gasteiger partial charge on any atom is 0.437 e. The van der Waals surface area contributed by atoms with Gasteiger partial charge in [0.25, 0.3) is 5.56 Å². The highest BCUT2D eigenvalue weighted by atomic mass is 35.5. The fraction of sp³-hybridized carbons (Fsp3) is 0.250. The topological polar surface area (TPSA) is 109 Å². The van der Waals surface area contributed by atoms with Gasteiger partial charge in [0.15, 0.2) is 5.69 Å². The molecule has 1 aliphatic heterocycles. The lowest BCUT2D eigenvalue weighted by molar-refractivity contribution is -0.142. The number of nitriles is 1. The Bertz CT molecular complexity index is 1470. The monoisotopic (exact) mass is 535 g/mol. The largest absolute Gasteiger partial charge is 0.449 e. The predicted octanol–water partition coefficient (Wildman–Crippen LogP) is 4.20. The van der Waals surface area contributed by atoms with Crippen LogP contribution in [0.5, 0.6) is 11.5 Å². The van der Waals surface area contributed by atoms with Crippen LogP contribution in [-0.4, -0.2) is 21.5 Å². The molecule has 0 aliphatic carbocycles. The summed E-state index contributed by atoms with van der Waals surface area (Å²) in [5.74, 6) is -3.33. The number of hydrogen-bond donors (Lipinski definition) is 2. The number of hydrogen-bond acceptors (Lipinski definition) is 6. The van der Waals surface area contributed by atoms with Gasteiger partial charge in [0.05, 0.1) is 23.9 Å². The molecule has 0 bridgehead atoms. The van der Waals surface area contributed by atoms with Crippen molar-refractivity contribution in [3.63, 3.8) is 0 Å². The summed E-state index contributed by atoms with van der Waals surface area (Å²) in [6.07, 6.45) is -4.25. The lowest BCUT2D eigenvalue weighted by Crippen LogP contribution is -2.54. The molecule has 8 nitrogen and oxygen atoms in total. The number of aromatic nitrogens is 2. The molecule has 37 heavy (non-hydrogen) atoms. The van der Waals surface area contributed by atoms with Crippen LogP contribution in [0.25, 0.3) is 0 Å². The van der Waals surface area contributed by atoms with Crippen molar-refractivity contribution in [1.82, 2.24) is 20.4 Å². The fourth-order valence-corrected chi connectivity index (χ4v) is 4.19. The molecule has 0 radical (unpaired) electrons. The van der Waals surface area contributed by atoms with Gasteiger partial charge in [-0.3, -0.25) is 19.6 Å². The fourth-order valence-electron chi connectivity index (χ4n) is 3.97. The van der Waals surface area contributed by atoms with Crippen molar-refractivity contribution >= 4 is 17.5 Å². The molecular formula is C24H18ClF4N5O3. The van der Waals surface area contributed by atoms with Gasteiger partial charge < -0.3 is 4.74 Å². The third-order valence-corrected chi connectivity index (χ3v) is 5.88. The number of rotatable bonds is 5. The summed E-state index contributed by atoms with van der Waals surface area (Å²) in [7, 11) is 0. The van der Waals surface area contributed by atoms with Crippen molar-refractivity contribution < 1.29 is 27.1 Å². The van der Waals surface area contributed by atoms with Gasteiger partial charge in [0, 0.05) is 23.2 Å². The van der Waals surface area contributed by atoms with Crippen LogP contribution < -0.4 is 21.1 Å². The number of nitrogens with one attached hydrogen (secondary N) is 2. The van der Waals surface area contributed by atoms with Crippen LogP contribution in [0.4, 0.5) is 17.6 Å². The van der Waals surface area contributed by atoms with E-state index in [4.69, 9.17) is 21.6 Å². The Hall–Kier alpha value is -3.95. The third-order valence-electron chi connectivity index (χ3n) is 5.67. The standard InChI is InChI=1S/C24H18ClF4N5O3/c1-12-2-3-19(26)17(4-12)18-8-15(32-33-22(18)35)10-34-11-31-21(24(27,28)29)20(23(34)36)37-16-6-13(9-30)5-14(25)7-16/h2-7,11,15,18,32H,8,10H2,1H3,(H,33,35). The van der Waals surface area contributed by atoms with E-state index >= 15 is 0 Å². The van der Waals surface area contributed by atoms with E-state index < -0.39 is 46.9 Å². The van der Waals surface area contributed by atoms with E-state index in [0.717, 1.165) is 28.6 Å². The molecule has 2 atom stereocenters. The molecule has 0 saturated carbocycles. The summed E-state index contributed by atoms with van der Waals surface area (Å²) in [5, 5.41) is 9.11. The molecule has 1 aliphatic rings. The Morgan fingerprint density at radius 1 is 1.24 bits per heavy atom. The number of alkyl halides is 3. The summed E-state index contributed by atoms with van der Waals surface area (Å²) in [4.78, 5) is 28.9. The van der Waals surface area contributed by atoms with Crippen LogP contribution in [0.15, 0.2) is 47.5 Å². The first-order chi connectivity index (χ1) is 17.5. The van der Waals surface area contributed by atoms with E-state index in [2.05, 4.69) is 15.8 Å². The van der Waals surface area contributed by atoms with Gasteiger partial charge in [0.1, 0.15) is 11.6 Å². The quantitative estimate of drug-likeness (QED) is 0.474. The highest BCUT2D eigenvalue weighted by molar-refractivity contribution is 6.30. The lowest BCUT2D eigenvalue weighted by Gasteiger charge is -2.31. The van der Waals surface area contributed by atoms with Crippen molar-refractivity contribution in [3.8, 4) is 17.6 Å². The van der Waals surface area contributed by atoms with E-state index in [1.165, 1.54) is 12.1 Å². The number of hydrazine groups is 1. The zero-order chi connectivity index (χ0) is 26.9. The number of carbonyl (C=O) groups is 1. The minimum atomic E-state index is -5.02. The molecule has 2 heterocycles. The zero-order valence-electron chi connectivity index (χ0n) is 19.1. The molecular weight excluding hydrogens is 518 g/mol. The molecule has 2 N–H and O–H groups in total. The Balaban J connectivity index is 1.66. The lowest BCUT2D eigenvalue weighted by atomic mass is 9.89. The molecule has 3 aromatic rings. The maximum atomic E-state index is 14.4. The third kappa shape index (κ3) is 5.73. The van der Waals surface area contributed by atoms with Gasteiger partial charge in [-0.15, -0.1) is 0 Å². The first-order valence-electron chi connectivity index (χ1n) is 10.8. The number of amides is 1. The van der Waals surface area contributed by atoms with Crippen LogP contribution in [-0.2, 0) is 17.5 Å². The number of nitrogens with zero attached hydrogens (tertiary/aromatic N) is 3. The Kier molecular flexibility index (Phi) is 7.20. The van der Waals surface area contributed by atoms with Crippen molar-refractivity contribution in [1.29, 1.82) is 5.26 Å². The highest BCUT2D eigenvalue weighted by Gasteiger charge is 2.39. The Morgan fingerprint density at radius 3 is 2.70 bits per heavy atom. The number of halogens is 5. The number of ether oxygens (including phenoxy) is 1. The molecule has 13 heteroatoms. The number of benzene rings is 2. The van der Waals surface area contributed by atoms with E-state index in [0.29, 0.717) is 0 Å². The second kappa shape index (κ2) is 10.2. The Labute approximate surface area is 212 Å². The minimum Gasteiger partial charge on any atom is -0.449 e. The van der Waals surface area contributed by atoms with E-state index in [9.17, 15) is 27.2 Å². The van der Waals surface area contributed by atoms with Gasteiger partial charge in [-0.05, 0) is 37.6 Å². The molecule has 0 spiro atoms. The first kappa shape index (κ1) is 26.1. The molecule has 1 amide bonds. The summed E-state index contributed by atoms with van der Waals surface area (Å²) >= 11 is 5.90. The van der Waals surface area contributed by atoms with Crippen molar-refractivity contribution in [2.24, 2.45) is 0 Å². The summed E-state index contributed by atoms with van der Waals surface area (Å²) in [6.45, 7) is 1.53. The maximum absolute atomic E-state index is 14.4. The minimum absolute atomic E-state index is 0.0110. The smallest absolute Gasteiger partial charge is 0.437 e. The van der Waals surface area contributed by atoms with Gasteiger partial charge in [-0.25, -0.2) is 14.8 Å². The van der Waals surface area contributed by atoms with Crippen LogP contribution in [0.1, 0.15) is 34.7 Å². The van der Waals surface area contributed by atoms with Crippen LogP contribution in [0, 0.1) is 24.1 Å². The van der Waals surface area contributed by atoms with Crippen LogP contribution in [0.3, 0.4) is 0 Å².